The van der Waals surface area contributed by atoms with E-state index in [1.54, 1.807) is 4.90 Å². The highest BCUT2D eigenvalue weighted by Crippen LogP contribution is 2.49. The van der Waals surface area contributed by atoms with E-state index in [1.165, 1.54) is 23.6 Å². The predicted molar refractivity (Wildman–Crippen MR) is 100 cm³/mol. The molecule has 0 unspecified atom stereocenters. The van der Waals surface area contributed by atoms with Gasteiger partial charge in [-0.15, -0.1) is 0 Å². The number of amides is 1. The minimum absolute atomic E-state index is 0.0918. The molecule has 160 valence electrons. The minimum Gasteiger partial charge on any atom is -0.340 e. The molecule has 29 heavy (non-hydrogen) atoms. The molecule has 4 rings (SSSR count). The van der Waals surface area contributed by atoms with E-state index in [2.05, 4.69) is 0 Å². The molecule has 2 bridgehead atoms. The van der Waals surface area contributed by atoms with Crippen LogP contribution in [0.3, 0.4) is 0 Å². The maximum absolute atomic E-state index is 12.7. The lowest BCUT2D eigenvalue weighted by Gasteiger charge is -2.35. The summed E-state index contributed by atoms with van der Waals surface area (Å²) in [7, 11) is -3.87. The van der Waals surface area contributed by atoms with Gasteiger partial charge in [-0.25, -0.2) is 8.42 Å². The highest BCUT2D eigenvalue weighted by Gasteiger charge is 2.41. The second-order valence-electron chi connectivity index (χ2n) is 8.45. The molecule has 1 heterocycles. The van der Waals surface area contributed by atoms with Crippen LogP contribution in [0.2, 0.25) is 0 Å². The zero-order chi connectivity index (χ0) is 20.8. The number of benzene rings is 1. The number of piperazine rings is 1. The van der Waals surface area contributed by atoms with Gasteiger partial charge in [0.2, 0.25) is 15.9 Å². The Morgan fingerprint density at radius 3 is 2.17 bits per heavy atom. The molecule has 3 fully saturated rings. The van der Waals surface area contributed by atoms with E-state index in [0.29, 0.717) is 31.3 Å². The number of nitrogens with zero attached hydrogens (tertiary/aromatic N) is 2. The van der Waals surface area contributed by atoms with Crippen molar-refractivity contribution in [1.29, 1.82) is 0 Å². The van der Waals surface area contributed by atoms with Crippen molar-refractivity contribution in [2.45, 2.75) is 43.2 Å². The Bertz CT molecular complexity index is 862. The number of alkyl halides is 3. The van der Waals surface area contributed by atoms with E-state index in [1.807, 2.05) is 0 Å². The van der Waals surface area contributed by atoms with Crippen LogP contribution >= 0.6 is 0 Å². The first-order valence-electron chi connectivity index (χ1n) is 10.1. The number of halogens is 3. The fraction of sp³-hybridized carbons (Fsp3) is 0.650. The largest absolute Gasteiger partial charge is 0.416 e. The van der Waals surface area contributed by atoms with Crippen LogP contribution < -0.4 is 0 Å². The fourth-order valence-electron chi connectivity index (χ4n) is 5.12. The second kappa shape index (κ2) is 7.58. The molecular formula is C20H25F3N2O3S. The maximum Gasteiger partial charge on any atom is 0.416 e. The summed E-state index contributed by atoms with van der Waals surface area (Å²) >= 11 is 0. The molecule has 2 aliphatic carbocycles. The van der Waals surface area contributed by atoms with E-state index >= 15 is 0 Å². The first kappa shape index (κ1) is 20.7. The first-order chi connectivity index (χ1) is 13.6. The second-order valence-corrected chi connectivity index (χ2v) is 10.4. The smallest absolute Gasteiger partial charge is 0.340 e. The summed E-state index contributed by atoms with van der Waals surface area (Å²) in [6, 6.07) is 3.54. The standard InChI is InChI=1S/C20H25F3N2O3S/c21-20(22,23)17-3-5-18(6-4-17)29(27,28)25-9-7-24(8-10-25)19(26)13-16-12-14-1-2-15(16)11-14/h3-6,14-16H,1-2,7-13H2/t14-,15+,16-/m0/s1. The van der Waals surface area contributed by atoms with E-state index in [9.17, 15) is 26.4 Å². The van der Waals surface area contributed by atoms with Crippen LogP contribution in [0.1, 0.15) is 37.7 Å². The van der Waals surface area contributed by atoms with Crippen molar-refractivity contribution < 1.29 is 26.4 Å². The van der Waals surface area contributed by atoms with Crippen molar-refractivity contribution >= 4 is 15.9 Å². The quantitative estimate of drug-likeness (QED) is 0.736. The number of sulfonamides is 1. The summed E-state index contributed by atoms with van der Waals surface area (Å²) in [6.07, 6.45) is 0.938. The lowest BCUT2D eigenvalue weighted by Crippen LogP contribution is -2.50. The zero-order valence-electron chi connectivity index (χ0n) is 16.1. The van der Waals surface area contributed by atoms with Gasteiger partial charge in [-0.3, -0.25) is 4.79 Å². The molecular weight excluding hydrogens is 405 g/mol. The lowest BCUT2D eigenvalue weighted by molar-refractivity contribution is -0.137. The Morgan fingerprint density at radius 1 is 1.00 bits per heavy atom. The first-order valence-corrected chi connectivity index (χ1v) is 11.5. The third kappa shape index (κ3) is 4.17. The molecule has 2 saturated carbocycles. The number of fused-ring (bicyclic) bond motifs is 2. The molecule has 1 aromatic rings. The highest BCUT2D eigenvalue weighted by atomic mass is 32.2. The van der Waals surface area contributed by atoms with Crippen molar-refractivity contribution in [1.82, 2.24) is 9.21 Å². The topological polar surface area (TPSA) is 57.7 Å². The number of carbonyl (C=O) groups excluding carboxylic acids is 1. The van der Waals surface area contributed by atoms with Crippen LogP contribution in [0.15, 0.2) is 29.2 Å². The van der Waals surface area contributed by atoms with Crippen LogP contribution in [0, 0.1) is 17.8 Å². The highest BCUT2D eigenvalue weighted by molar-refractivity contribution is 7.89. The lowest BCUT2D eigenvalue weighted by atomic mass is 9.86. The summed E-state index contributed by atoms with van der Waals surface area (Å²) in [4.78, 5) is 14.2. The van der Waals surface area contributed by atoms with Gasteiger partial charge in [-0.05, 0) is 61.3 Å². The molecule has 1 aromatic carbocycles. The van der Waals surface area contributed by atoms with E-state index in [4.69, 9.17) is 0 Å². The van der Waals surface area contributed by atoms with Gasteiger partial charge in [-0.1, -0.05) is 6.42 Å². The maximum atomic E-state index is 12.7. The van der Waals surface area contributed by atoms with Crippen molar-refractivity contribution in [3.05, 3.63) is 29.8 Å². The zero-order valence-corrected chi connectivity index (χ0v) is 16.9. The molecule has 9 heteroatoms. The summed E-state index contributed by atoms with van der Waals surface area (Å²) in [5.74, 6) is 2.01. The summed E-state index contributed by atoms with van der Waals surface area (Å²) in [5.41, 5.74) is -0.882. The molecule has 3 atom stereocenters. The van der Waals surface area contributed by atoms with Gasteiger partial charge < -0.3 is 4.90 Å². The van der Waals surface area contributed by atoms with Gasteiger partial charge in [0.15, 0.2) is 0 Å². The SMILES string of the molecule is O=C(C[C@@H]1C[C@H]2CC[C@@H]1C2)N1CCN(S(=O)(=O)c2ccc(C(F)(F)F)cc2)CC1. The van der Waals surface area contributed by atoms with Gasteiger partial charge in [0, 0.05) is 32.6 Å². The van der Waals surface area contributed by atoms with Crippen LogP contribution in [0.4, 0.5) is 13.2 Å². The molecule has 3 aliphatic rings. The minimum atomic E-state index is -4.51. The van der Waals surface area contributed by atoms with E-state index in [0.717, 1.165) is 36.6 Å². The molecule has 5 nitrogen and oxygen atoms in total. The number of rotatable bonds is 4. The van der Waals surface area contributed by atoms with E-state index < -0.39 is 21.8 Å². The molecule has 0 aromatic heterocycles. The van der Waals surface area contributed by atoms with Crippen LogP contribution in [-0.2, 0) is 21.0 Å². The predicted octanol–water partition coefficient (Wildman–Crippen LogP) is 3.36. The van der Waals surface area contributed by atoms with Crippen molar-refractivity contribution in [3.8, 4) is 0 Å². The average Bonchev–Trinajstić information content (AvgIpc) is 3.30. The Hall–Kier alpha value is -1.61. The Kier molecular flexibility index (Phi) is 5.40. The van der Waals surface area contributed by atoms with Gasteiger partial charge in [0.1, 0.15) is 0 Å². The third-order valence-corrected chi connectivity index (χ3v) is 8.64. The summed E-state index contributed by atoms with van der Waals surface area (Å²) < 4.78 is 64.8. The fourth-order valence-corrected chi connectivity index (χ4v) is 6.54. The van der Waals surface area contributed by atoms with E-state index in [-0.39, 0.29) is 23.9 Å². The molecule has 0 radical (unpaired) electrons. The number of carbonyl (C=O) groups is 1. The monoisotopic (exact) mass is 430 g/mol. The van der Waals surface area contributed by atoms with Crippen molar-refractivity contribution in [2.75, 3.05) is 26.2 Å². The normalized spacial score (nSPS) is 28.1. The Labute approximate surface area is 168 Å². The number of hydrogen-bond donors (Lipinski definition) is 0. The molecule has 1 aliphatic heterocycles. The summed E-state index contributed by atoms with van der Waals surface area (Å²) in [6.45, 7) is 0.955. The van der Waals surface area contributed by atoms with Crippen LogP contribution in [0.5, 0.6) is 0 Å². The number of hydrogen-bond acceptors (Lipinski definition) is 3. The molecule has 0 spiro atoms. The third-order valence-electron chi connectivity index (χ3n) is 6.73. The van der Waals surface area contributed by atoms with Crippen LogP contribution in [-0.4, -0.2) is 49.7 Å². The molecule has 0 N–H and O–H groups in total. The molecule has 1 saturated heterocycles. The van der Waals surface area contributed by atoms with Crippen LogP contribution in [0.25, 0.3) is 0 Å². The van der Waals surface area contributed by atoms with Gasteiger partial charge >= 0.3 is 6.18 Å². The Balaban J connectivity index is 1.34. The van der Waals surface area contributed by atoms with Gasteiger partial charge in [0.05, 0.1) is 10.5 Å². The van der Waals surface area contributed by atoms with Gasteiger partial charge in [0.25, 0.3) is 0 Å². The van der Waals surface area contributed by atoms with Crippen molar-refractivity contribution in [2.24, 2.45) is 17.8 Å². The Morgan fingerprint density at radius 2 is 1.66 bits per heavy atom. The average molecular weight is 430 g/mol. The summed E-state index contributed by atoms with van der Waals surface area (Å²) in [5, 5.41) is 0. The van der Waals surface area contributed by atoms with Gasteiger partial charge in [-0.2, -0.15) is 17.5 Å². The van der Waals surface area contributed by atoms with Crippen molar-refractivity contribution in [3.63, 3.8) is 0 Å². The molecule has 1 amide bonds.